The zero-order chi connectivity index (χ0) is 13.7. The Balaban J connectivity index is 2.16. The van der Waals surface area contributed by atoms with Crippen LogP contribution in [0.1, 0.15) is 17.5 Å². The maximum absolute atomic E-state index is 12.1. The number of nitrogens with two attached hydrogens (primary N) is 1. The van der Waals surface area contributed by atoms with Crippen LogP contribution in [0, 0.1) is 24.7 Å². The predicted octanol–water partition coefficient (Wildman–Crippen LogP) is 1.28. The van der Waals surface area contributed by atoms with Crippen LogP contribution in [0.4, 0.5) is 5.69 Å². The van der Waals surface area contributed by atoms with Gasteiger partial charge in [0.25, 0.3) is 0 Å². The third-order valence-corrected chi connectivity index (χ3v) is 3.06. The second-order valence-electron chi connectivity index (χ2n) is 4.60. The molecule has 1 aromatic rings. The van der Waals surface area contributed by atoms with Gasteiger partial charge >= 0.3 is 0 Å². The molecule has 1 aromatic carbocycles. The number of nitrogens with one attached hydrogen (secondary N) is 1. The van der Waals surface area contributed by atoms with Gasteiger partial charge in [0.05, 0.1) is 24.8 Å². The minimum atomic E-state index is -0.0587. The SMILES string of the molecule is Cc1ccc(NC(=O)C2CCOC2)c(C#CCN)c1. The van der Waals surface area contributed by atoms with Crippen molar-refractivity contribution < 1.29 is 9.53 Å². The topological polar surface area (TPSA) is 64.3 Å². The molecule has 19 heavy (non-hydrogen) atoms. The van der Waals surface area contributed by atoms with E-state index in [1.807, 2.05) is 25.1 Å². The Morgan fingerprint density at radius 1 is 1.58 bits per heavy atom. The summed E-state index contributed by atoms with van der Waals surface area (Å²) in [4.78, 5) is 12.1. The van der Waals surface area contributed by atoms with Crippen LogP contribution in [0.15, 0.2) is 18.2 Å². The van der Waals surface area contributed by atoms with Crippen LogP contribution in [0.3, 0.4) is 0 Å². The minimum Gasteiger partial charge on any atom is -0.381 e. The van der Waals surface area contributed by atoms with Crippen LogP contribution in [-0.4, -0.2) is 25.7 Å². The summed E-state index contributed by atoms with van der Waals surface area (Å²) in [7, 11) is 0. The lowest BCUT2D eigenvalue weighted by Gasteiger charge is -2.11. The van der Waals surface area contributed by atoms with Crippen LogP contribution in [0.2, 0.25) is 0 Å². The largest absolute Gasteiger partial charge is 0.381 e. The van der Waals surface area contributed by atoms with Crippen molar-refractivity contribution in [2.24, 2.45) is 11.7 Å². The molecule has 100 valence electrons. The number of aryl methyl sites for hydroxylation is 1. The average molecular weight is 258 g/mol. The van der Waals surface area contributed by atoms with E-state index in [4.69, 9.17) is 10.5 Å². The molecule has 4 nitrogen and oxygen atoms in total. The smallest absolute Gasteiger partial charge is 0.229 e. The first-order valence-electron chi connectivity index (χ1n) is 6.39. The van der Waals surface area contributed by atoms with E-state index in [-0.39, 0.29) is 11.8 Å². The summed E-state index contributed by atoms with van der Waals surface area (Å²) in [6, 6.07) is 5.78. The van der Waals surface area contributed by atoms with Gasteiger partial charge < -0.3 is 15.8 Å². The summed E-state index contributed by atoms with van der Waals surface area (Å²) < 4.78 is 5.22. The minimum absolute atomic E-state index is 0.00264. The maximum atomic E-state index is 12.1. The van der Waals surface area contributed by atoms with Gasteiger partial charge in [-0.3, -0.25) is 4.79 Å². The fourth-order valence-corrected chi connectivity index (χ4v) is 1.99. The summed E-state index contributed by atoms with van der Waals surface area (Å²) in [5, 5.41) is 2.93. The third kappa shape index (κ3) is 3.57. The van der Waals surface area contributed by atoms with Crippen molar-refractivity contribution in [3.05, 3.63) is 29.3 Å². The van der Waals surface area contributed by atoms with E-state index in [2.05, 4.69) is 17.2 Å². The monoisotopic (exact) mass is 258 g/mol. The first kappa shape index (κ1) is 13.6. The molecule has 1 saturated heterocycles. The number of hydrogen-bond acceptors (Lipinski definition) is 3. The molecule has 0 radical (unpaired) electrons. The van der Waals surface area contributed by atoms with Gasteiger partial charge in [0.1, 0.15) is 0 Å². The molecule has 1 amide bonds. The van der Waals surface area contributed by atoms with Crippen LogP contribution < -0.4 is 11.1 Å². The standard InChI is InChI=1S/C15H18N2O2/c1-11-4-5-14(12(9-11)3-2-7-16)17-15(18)13-6-8-19-10-13/h4-5,9,13H,6-8,10,16H2,1H3,(H,17,18). The highest BCUT2D eigenvalue weighted by Crippen LogP contribution is 2.20. The molecule has 0 spiro atoms. The zero-order valence-electron chi connectivity index (χ0n) is 11.0. The van der Waals surface area contributed by atoms with E-state index < -0.39 is 0 Å². The number of rotatable bonds is 2. The highest BCUT2D eigenvalue weighted by Gasteiger charge is 2.23. The number of anilines is 1. The molecule has 1 aliphatic heterocycles. The molecular formula is C15H18N2O2. The Bertz CT molecular complexity index is 523. The van der Waals surface area contributed by atoms with Crippen molar-refractivity contribution in [1.82, 2.24) is 0 Å². The van der Waals surface area contributed by atoms with E-state index in [0.717, 1.165) is 23.2 Å². The van der Waals surface area contributed by atoms with Gasteiger partial charge in [-0.25, -0.2) is 0 Å². The first-order chi connectivity index (χ1) is 9.20. The summed E-state index contributed by atoms with van der Waals surface area (Å²) in [6.45, 7) is 3.45. The maximum Gasteiger partial charge on any atom is 0.229 e. The van der Waals surface area contributed by atoms with Crippen LogP contribution >= 0.6 is 0 Å². The van der Waals surface area contributed by atoms with Crippen LogP contribution in [-0.2, 0) is 9.53 Å². The second-order valence-corrected chi connectivity index (χ2v) is 4.60. The number of ether oxygens (including phenoxy) is 1. The van der Waals surface area contributed by atoms with Gasteiger partial charge in [-0.05, 0) is 31.0 Å². The molecule has 0 bridgehead atoms. The van der Waals surface area contributed by atoms with Gasteiger partial charge in [0.15, 0.2) is 0 Å². The number of benzene rings is 1. The van der Waals surface area contributed by atoms with Crippen molar-refractivity contribution >= 4 is 11.6 Å². The summed E-state index contributed by atoms with van der Waals surface area (Å²) >= 11 is 0. The normalized spacial score (nSPS) is 17.7. The van der Waals surface area contributed by atoms with Crippen molar-refractivity contribution in [2.45, 2.75) is 13.3 Å². The predicted molar refractivity (Wildman–Crippen MR) is 74.7 cm³/mol. The first-order valence-corrected chi connectivity index (χ1v) is 6.39. The van der Waals surface area contributed by atoms with E-state index in [0.29, 0.717) is 19.8 Å². The van der Waals surface area contributed by atoms with Crippen molar-refractivity contribution in [2.75, 3.05) is 25.1 Å². The molecule has 0 saturated carbocycles. The lowest BCUT2D eigenvalue weighted by molar-refractivity contribution is -0.119. The Kier molecular flexibility index (Phi) is 4.56. The molecular weight excluding hydrogens is 240 g/mol. The summed E-state index contributed by atoms with van der Waals surface area (Å²) in [5.74, 6) is 5.74. The molecule has 1 heterocycles. The number of carbonyl (C=O) groups excluding carboxylic acids is 1. The quantitative estimate of drug-likeness (QED) is 0.785. The van der Waals surface area contributed by atoms with E-state index in [1.54, 1.807) is 0 Å². The fourth-order valence-electron chi connectivity index (χ4n) is 1.99. The summed E-state index contributed by atoms with van der Waals surface area (Å²) in [6.07, 6.45) is 0.779. The van der Waals surface area contributed by atoms with Crippen molar-refractivity contribution in [3.63, 3.8) is 0 Å². The molecule has 0 aromatic heterocycles. The Labute approximate surface area is 113 Å². The Morgan fingerprint density at radius 3 is 3.11 bits per heavy atom. The van der Waals surface area contributed by atoms with Crippen LogP contribution in [0.25, 0.3) is 0 Å². The summed E-state index contributed by atoms with van der Waals surface area (Å²) in [5.41, 5.74) is 8.03. The van der Waals surface area contributed by atoms with Gasteiger partial charge in [-0.15, -0.1) is 0 Å². The fraction of sp³-hybridized carbons (Fsp3) is 0.400. The highest BCUT2D eigenvalue weighted by molar-refractivity contribution is 5.94. The molecule has 1 fully saturated rings. The molecule has 3 N–H and O–H groups in total. The molecule has 1 aliphatic rings. The van der Waals surface area contributed by atoms with E-state index >= 15 is 0 Å². The van der Waals surface area contributed by atoms with Crippen molar-refractivity contribution in [1.29, 1.82) is 0 Å². The lowest BCUT2D eigenvalue weighted by atomic mass is 10.1. The van der Waals surface area contributed by atoms with Gasteiger partial charge in [-0.1, -0.05) is 17.9 Å². The Hall–Kier alpha value is -1.83. The van der Waals surface area contributed by atoms with Gasteiger partial charge in [-0.2, -0.15) is 0 Å². The molecule has 1 atom stereocenters. The molecule has 1 unspecified atom stereocenters. The zero-order valence-corrected chi connectivity index (χ0v) is 11.0. The molecule has 0 aliphatic carbocycles. The molecule has 4 heteroatoms. The number of hydrogen-bond donors (Lipinski definition) is 2. The number of carbonyl (C=O) groups is 1. The second kappa shape index (κ2) is 6.37. The number of amides is 1. The van der Waals surface area contributed by atoms with E-state index in [1.165, 1.54) is 0 Å². The van der Waals surface area contributed by atoms with Gasteiger partial charge in [0.2, 0.25) is 5.91 Å². The lowest BCUT2D eigenvalue weighted by Crippen LogP contribution is -2.23. The molecule has 2 rings (SSSR count). The third-order valence-electron chi connectivity index (χ3n) is 3.06. The van der Waals surface area contributed by atoms with Gasteiger partial charge in [0, 0.05) is 12.2 Å². The average Bonchev–Trinajstić information content (AvgIpc) is 2.93. The highest BCUT2D eigenvalue weighted by atomic mass is 16.5. The Morgan fingerprint density at radius 2 is 2.42 bits per heavy atom. The van der Waals surface area contributed by atoms with Crippen molar-refractivity contribution in [3.8, 4) is 11.8 Å². The van der Waals surface area contributed by atoms with E-state index in [9.17, 15) is 4.79 Å². The van der Waals surface area contributed by atoms with Crippen LogP contribution in [0.5, 0.6) is 0 Å².